The van der Waals surface area contributed by atoms with Gasteiger partial charge in [0.15, 0.2) is 0 Å². The summed E-state index contributed by atoms with van der Waals surface area (Å²) in [6, 6.07) is 56.5. The number of benzene rings is 8. The maximum Gasteiger partial charge on any atom is 0.0419 e. The van der Waals surface area contributed by atoms with Crippen LogP contribution in [0.3, 0.4) is 0 Å². The smallest absolute Gasteiger partial charge is 0.0419 e. The van der Waals surface area contributed by atoms with Gasteiger partial charge in [0.05, 0.1) is 0 Å². The molecule has 1 aliphatic carbocycles. The highest BCUT2D eigenvalue weighted by Crippen LogP contribution is 2.44. The topological polar surface area (TPSA) is 3.24 Å². The van der Waals surface area contributed by atoms with Crippen molar-refractivity contribution in [2.24, 2.45) is 5.92 Å². The van der Waals surface area contributed by atoms with Crippen molar-refractivity contribution >= 4 is 72.2 Å². The molecule has 0 aliphatic heterocycles. The molecule has 0 radical (unpaired) electrons. The van der Waals surface area contributed by atoms with E-state index in [1.807, 2.05) is 6.08 Å². The first-order valence-corrected chi connectivity index (χ1v) is 19.4. The molecular weight excluding hydrogens is 651 g/mol. The first kappa shape index (κ1) is 33.6. The highest BCUT2D eigenvalue weighted by Gasteiger charge is 2.28. The Kier molecular flexibility index (Phi) is 8.93. The first-order valence-electron chi connectivity index (χ1n) is 19.4. The fourth-order valence-electron chi connectivity index (χ4n) is 9.11. The van der Waals surface area contributed by atoms with Crippen LogP contribution in [0, 0.1) is 5.92 Å². The lowest BCUT2D eigenvalue weighted by atomic mass is 9.84. The fraction of sp³-hybridized carbons (Fsp3) is 0.132. The van der Waals surface area contributed by atoms with E-state index in [0.717, 1.165) is 19.3 Å². The molecule has 0 heterocycles. The molecule has 0 bridgehead atoms. The van der Waals surface area contributed by atoms with Crippen LogP contribution >= 0.6 is 0 Å². The normalized spacial score (nSPS) is 16.2. The molecule has 0 amide bonds. The predicted octanol–water partition coefficient (Wildman–Crippen LogP) is 15.1. The Morgan fingerprint density at radius 3 is 1.81 bits per heavy atom. The number of rotatable bonds is 7. The Morgan fingerprint density at radius 1 is 0.593 bits per heavy atom. The molecule has 8 aromatic rings. The molecule has 9 rings (SSSR count). The van der Waals surface area contributed by atoms with Crippen LogP contribution in [0.25, 0.3) is 71.9 Å². The lowest BCUT2D eigenvalue weighted by molar-refractivity contribution is 0.518. The number of hydrogen-bond acceptors (Lipinski definition) is 1. The minimum Gasteiger partial charge on any atom is -0.338 e. The van der Waals surface area contributed by atoms with Gasteiger partial charge in [-0.05, 0) is 145 Å². The molecular formula is C53H45N. The van der Waals surface area contributed by atoms with Crippen molar-refractivity contribution in [3.63, 3.8) is 0 Å². The van der Waals surface area contributed by atoms with Gasteiger partial charge in [-0.1, -0.05) is 153 Å². The molecule has 0 aromatic heterocycles. The lowest BCUT2D eigenvalue weighted by Crippen LogP contribution is -2.32. The third-order valence-corrected chi connectivity index (χ3v) is 11.6. The second-order valence-electron chi connectivity index (χ2n) is 14.8. The van der Waals surface area contributed by atoms with E-state index in [2.05, 4.69) is 195 Å². The van der Waals surface area contributed by atoms with Crippen LogP contribution in [0.5, 0.6) is 0 Å². The van der Waals surface area contributed by atoms with Crippen LogP contribution in [0.1, 0.15) is 49.8 Å². The largest absolute Gasteiger partial charge is 0.338 e. The molecule has 262 valence electrons. The highest BCUT2D eigenvalue weighted by molar-refractivity contribution is 6.09. The average Bonchev–Trinajstić information content (AvgIpc) is 3.40. The van der Waals surface area contributed by atoms with Crippen molar-refractivity contribution in [3.8, 4) is 11.1 Å². The zero-order valence-electron chi connectivity index (χ0n) is 31.2. The zero-order valence-corrected chi connectivity index (χ0v) is 31.2. The maximum atomic E-state index is 4.27. The second-order valence-corrected chi connectivity index (χ2v) is 14.8. The number of anilines is 2. The standard InChI is InChI=1S/C53H45N/c1-4-15-40-33-41-18-8-11-22-49(41)52(47(40)5-2)38-27-29-44(30-28-38)54(46-31-26-37-16-6-7-17-39(37)35-46)45-21-14-25-48(36(3)32-45)53-50-23-12-9-19-42(50)34-43-20-10-13-24-51(43)53/h4-13,15-20,22-31,33-36,45H,2,14,21,32H2,1,3H3/b15-4-. The van der Waals surface area contributed by atoms with Crippen molar-refractivity contribution in [1.29, 1.82) is 0 Å². The minimum atomic E-state index is 0.310. The Bertz CT molecular complexity index is 2690. The quantitative estimate of drug-likeness (QED) is 0.150. The monoisotopic (exact) mass is 695 g/mol. The van der Waals surface area contributed by atoms with Crippen LogP contribution < -0.4 is 4.90 Å². The van der Waals surface area contributed by atoms with Gasteiger partial charge in [-0.2, -0.15) is 0 Å². The third-order valence-electron chi connectivity index (χ3n) is 11.6. The predicted molar refractivity (Wildman–Crippen MR) is 237 cm³/mol. The van der Waals surface area contributed by atoms with Gasteiger partial charge in [0, 0.05) is 17.4 Å². The van der Waals surface area contributed by atoms with E-state index >= 15 is 0 Å². The van der Waals surface area contributed by atoms with Crippen molar-refractivity contribution in [2.45, 2.75) is 39.2 Å². The van der Waals surface area contributed by atoms with Crippen LogP contribution in [0.4, 0.5) is 11.4 Å². The van der Waals surface area contributed by atoms with E-state index in [-0.39, 0.29) is 0 Å². The maximum absolute atomic E-state index is 4.27. The van der Waals surface area contributed by atoms with Crippen molar-refractivity contribution in [3.05, 3.63) is 187 Å². The Morgan fingerprint density at radius 2 is 1.17 bits per heavy atom. The van der Waals surface area contributed by atoms with E-state index in [0.29, 0.717) is 12.0 Å². The van der Waals surface area contributed by atoms with Crippen LogP contribution in [-0.4, -0.2) is 6.04 Å². The zero-order chi connectivity index (χ0) is 36.6. The summed E-state index contributed by atoms with van der Waals surface area (Å²) in [5.41, 5.74) is 10.1. The minimum absolute atomic E-state index is 0.310. The van der Waals surface area contributed by atoms with Crippen molar-refractivity contribution < 1.29 is 0 Å². The van der Waals surface area contributed by atoms with Gasteiger partial charge in [0.2, 0.25) is 0 Å². The molecule has 1 heteroatoms. The number of fused-ring (bicyclic) bond motifs is 4. The Labute approximate surface area is 319 Å². The van der Waals surface area contributed by atoms with Gasteiger partial charge in [0.25, 0.3) is 0 Å². The van der Waals surface area contributed by atoms with Crippen molar-refractivity contribution in [1.82, 2.24) is 0 Å². The molecule has 0 spiro atoms. The van der Waals surface area contributed by atoms with Gasteiger partial charge in [-0.15, -0.1) is 0 Å². The summed E-state index contributed by atoms with van der Waals surface area (Å²) in [7, 11) is 0. The van der Waals surface area contributed by atoms with Gasteiger partial charge in [0.1, 0.15) is 0 Å². The molecule has 0 fully saturated rings. The van der Waals surface area contributed by atoms with E-state index in [1.54, 1.807) is 0 Å². The molecule has 1 aliphatic rings. The number of allylic oxidation sites excluding steroid dienone is 3. The summed E-state index contributed by atoms with van der Waals surface area (Å²) in [5.74, 6) is 0.366. The van der Waals surface area contributed by atoms with Crippen molar-refractivity contribution in [2.75, 3.05) is 4.90 Å². The summed E-state index contributed by atoms with van der Waals surface area (Å²) in [6.07, 6.45) is 12.0. The molecule has 0 saturated carbocycles. The average molecular weight is 696 g/mol. The van der Waals surface area contributed by atoms with Gasteiger partial charge < -0.3 is 4.90 Å². The Hall–Kier alpha value is -6.18. The molecule has 54 heavy (non-hydrogen) atoms. The summed E-state index contributed by atoms with van der Waals surface area (Å²) < 4.78 is 0. The number of hydrogen-bond donors (Lipinski definition) is 0. The fourth-order valence-corrected chi connectivity index (χ4v) is 9.11. The van der Waals surface area contributed by atoms with Crippen LogP contribution in [-0.2, 0) is 0 Å². The summed E-state index contributed by atoms with van der Waals surface area (Å²) in [4.78, 5) is 2.63. The molecule has 2 unspecified atom stereocenters. The van der Waals surface area contributed by atoms with E-state index in [9.17, 15) is 0 Å². The van der Waals surface area contributed by atoms with E-state index in [1.165, 1.54) is 87.9 Å². The summed E-state index contributed by atoms with van der Waals surface area (Å²) in [6.45, 7) is 8.79. The molecule has 0 N–H and O–H groups in total. The Balaban J connectivity index is 1.14. The highest BCUT2D eigenvalue weighted by atomic mass is 15.2. The molecule has 2 atom stereocenters. The second kappa shape index (κ2) is 14.3. The van der Waals surface area contributed by atoms with Gasteiger partial charge >= 0.3 is 0 Å². The SMILES string of the molecule is C=Cc1c(/C=C\C)cc2ccccc2c1-c1ccc(N(c2ccc3ccccc3c2)C2CCC=C(c3c4ccccc4cc4ccccc34)C(C)C2)cc1. The van der Waals surface area contributed by atoms with Gasteiger partial charge in [-0.3, -0.25) is 0 Å². The third kappa shape index (κ3) is 6.00. The first-order chi connectivity index (χ1) is 26.6. The van der Waals surface area contributed by atoms with Gasteiger partial charge in [-0.25, -0.2) is 0 Å². The lowest BCUT2D eigenvalue weighted by Gasteiger charge is -2.35. The molecule has 0 saturated heterocycles. The van der Waals surface area contributed by atoms with E-state index < -0.39 is 0 Å². The molecule has 8 aromatic carbocycles. The number of nitrogens with zero attached hydrogens (tertiary/aromatic N) is 1. The molecule has 1 nitrogen and oxygen atoms in total. The van der Waals surface area contributed by atoms with E-state index in [4.69, 9.17) is 0 Å². The van der Waals surface area contributed by atoms with Crippen LogP contribution in [0.15, 0.2) is 170 Å². The summed E-state index contributed by atoms with van der Waals surface area (Å²) >= 11 is 0. The summed E-state index contributed by atoms with van der Waals surface area (Å²) in [5, 5.41) is 10.3. The van der Waals surface area contributed by atoms with Crippen LogP contribution in [0.2, 0.25) is 0 Å².